The summed E-state index contributed by atoms with van der Waals surface area (Å²) in [6, 6.07) is 14.3. The van der Waals surface area contributed by atoms with Crippen LogP contribution in [0.4, 0.5) is 5.69 Å². The molecule has 0 amide bonds. The van der Waals surface area contributed by atoms with Crippen LogP contribution in [-0.2, 0) is 0 Å². The highest BCUT2D eigenvalue weighted by Gasteiger charge is 2.07. The van der Waals surface area contributed by atoms with Gasteiger partial charge in [0.25, 0.3) is 0 Å². The molecule has 0 aliphatic rings. The van der Waals surface area contributed by atoms with Gasteiger partial charge in [0.1, 0.15) is 10.8 Å². The molecule has 0 saturated heterocycles. The minimum absolute atomic E-state index is 0.842. The largest absolute Gasteiger partial charge is 0.497 e. The summed E-state index contributed by atoms with van der Waals surface area (Å²) in [5.41, 5.74) is 3.22. The first-order valence-corrected chi connectivity index (χ1v) is 6.84. The van der Waals surface area contributed by atoms with Crippen molar-refractivity contribution in [2.75, 3.05) is 19.5 Å². The first kappa shape index (κ1) is 12.0. The van der Waals surface area contributed by atoms with Gasteiger partial charge in [-0.05, 0) is 36.4 Å². The van der Waals surface area contributed by atoms with Gasteiger partial charge in [-0.1, -0.05) is 0 Å². The fourth-order valence-corrected chi connectivity index (χ4v) is 2.89. The summed E-state index contributed by atoms with van der Waals surface area (Å²) in [7, 11) is 3.59. The standard InChI is InChI=1S/C15H14N2OS/c1-16-11-5-3-10(4-6-11)15-17-13-9-12(18-2)7-8-14(13)19-15/h3-9,16H,1-2H3. The number of hydrogen-bond acceptors (Lipinski definition) is 4. The SMILES string of the molecule is CNc1ccc(-c2nc3cc(OC)ccc3s2)cc1. The number of methoxy groups -OCH3 is 1. The van der Waals surface area contributed by atoms with E-state index in [1.807, 2.05) is 19.2 Å². The highest BCUT2D eigenvalue weighted by Crippen LogP contribution is 2.32. The maximum atomic E-state index is 5.22. The van der Waals surface area contributed by atoms with E-state index >= 15 is 0 Å². The highest BCUT2D eigenvalue weighted by atomic mass is 32.1. The van der Waals surface area contributed by atoms with Gasteiger partial charge in [0.15, 0.2) is 0 Å². The second kappa shape index (κ2) is 4.90. The molecule has 96 valence electrons. The number of fused-ring (bicyclic) bond motifs is 1. The normalized spacial score (nSPS) is 10.6. The Bertz CT molecular complexity index is 704. The fourth-order valence-electron chi connectivity index (χ4n) is 1.94. The van der Waals surface area contributed by atoms with Crippen LogP contribution in [0.2, 0.25) is 0 Å². The van der Waals surface area contributed by atoms with Gasteiger partial charge in [-0.3, -0.25) is 0 Å². The van der Waals surface area contributed by atoms with Crippen molar-refractivity contribution in [3.8, 4) is 16.3 Å². The molecule has 0 radical (unpaired) electrons. The van der Waals surface area contributed by atoms with E-state index in [4.69, 9.17) is 4.74 Å². The lowest BCUT2D eigenvalue weighted by Crippen LogP contribution is -1.86. The number of hydrogen-bond donors (Lipinski definition) is 1. The molecule has 1 aromatic heterocycles. The van der Waals surface area contributed by atoms with Crippen LogP contribution in [0, 0.1) is 0 Å². The summed E-state index contributed by atoms with van der Waals surface area (Å²) in [6.07, 6.45) is 0. The van der Waals surface area contributed by atoms with Gasteiger partial charge in [0, 0.05) is 24.4 Å². The minimum atomic E-state index is 0.842. The molecule has 4 heteroatoms. The zero-order valence-electron chi connectivity index (χ0n) is 10.8. The minimum Gasteiger partial charge on any atom is -0.497 e. The van der Waals surface area contributed by atoms with Crippen molar-refractivity contribution in [2.45, 2.75) is 0 Å². The van der Waals surface area contributed by atoms with E-state index in [9.17, 15) is 0 Å². The molecule has 19 heavy (non-hydrogen) atoms. The number of thiazole rings is 1. The molecule has 0 spiro atoms. The third kappa shape index (κ3) is 2.27. The van der Waals surface area contributed by atoms with Crippen molar-refractivity contribution < 1.29 is 4.74 Å². The van der Waals surface area contributed by atoms with Crippen LogP contribution in [0.5, 0.6) is 5.75 Å². The molecule has 0 aliphatic heterocycles. The van der Waals surface area contributed by atoms with Crippen molar-refractivity contribution in [1.82, 2.24) is 4.98 Å². The van der Waals surface area contributed by atoms with Gasteiger partial charge in [0.2, 0.25) is 0 Å². The molecule has 0 fully saturated rings. The van der Waals surface area contributed by atoms with Crippen LogP contribution >= 0.6 is 11.3 Å². The second-order valence-electron chi connectivity index (χ2n) is 4.18. The monoisotopic (exact) mass is 270 g/mol. The molecule has 1 N–H and O–H groups in total. The Morgan fingerprint density at radius 2 is 1.89 bits per heavy atom. The van der Waals surface area contributed by atoms with Gasteiger partial charge >= 0.3 is 0 Å². The molecule has 1 heterocycles. The first-order valence-electron chi connectivity index (χ1n) is 6.03. The molecule has 0 unspecified atom stereocenters. The zero-order valence-corrected chi connectivity index (χ0v) is 11.6. The van der Waals surface area contributed by atoms with Crippen LogP contribution in [0.1, 0.15) is 0 Å². The van der Waals surface area contributed by atoms with Gasteiger partial charge < -0.3 is 10.1 Å². The van der Waals surface area contributed by atoms with Crippen LogP contribution in [0.15, 0.2) is 42.5 Å². The summed E-state index contributed by atoms with van der Waals surface area (Å²) in [5.74, 6) is 0.842. The number of nitrogens with one attached hydrogen (secondary N) is 1. The van der Waals surface area contributed by atoms with Crippen molar-refractivity contribution >= 4 is 27.2 Å². The van der Waals surface area contributed by atoms with Crippen LogP contribution < -0.4 is 10.1 Å². The lowest BCUT2D eigenvalue weighted by molar-refractivity contribution is 0.415. The molecular weight excluding hydrogens is 256 g/mol. The average Bonchev–Trinajstić information content (AvgIpc) is 2.90. The zero-order chi connectivity index (χ0) is 13.2. The Hall–Kier alpha value is -2.07. The topological polar surface area (TPSA) is 34.2 Å². The Morgan fingerprint density at radius 1 is 1.11 bits per heavy atom. The summed E-state index contributed by atoms with van der Waals surface area (Å²) < 4.78 is 6.40. The van der Waals surface area contributed by atoms with Crippen molar-refractivity contribution in [1.29, 1.82) is 0 Å². The number of rotatable bonds is 3. The maximum absolute atomic E-state index is 5.22. The summed E-state index contributed by atoms with van der Waals surface area (Å²) in [5, 5.41) is 4.15. The van der Waals surface area contributed by atoms with Gasteiger partial charge in [-0.25, -0.2) is 4.98 Å². The number of anilines is 1. The number of ether oxygens (including phenoxy) is 1. The fraction of sp³-hybridized carbons (Fsp3) is 0.133. The molecule has 3 rings (SSSR count). The molecule has 0 saturated carbocycles. The van der Waals surface area contributed by atoms with Crippen molar-refractivity contribution in [2.24, 2.45) is 0 Å². The number of aromatic nitrogens is 1. The van der Waals surface area contributed by atoms with Crippen molar-refractivity contribution in [3.63, 3.8) is 0 Å². The van der Waals surface area contributed by atoms with Gasteiger partial charge in [0.05, 0.1) is 17.3 Å². The Morgan fingerprint density at radius 3 is 2.58 bits per heavy atom. The summed E-state index contributed by atoms with van der Waals surface area (Å²) in [6.45, 7) is 0. The lowest BCUT2D eigenvalue weighted by atomic mass is 10.2. The highest BCUT2D eigenvalue weighted by molar-refractivity contribution is 7.21. The number of benzene rings is 2. The quantitative estimate of drug-likeness (QED) is 0.780. The Labute approximate surface area is 115 Å². The second-order valence-corrected chi connectivity index (χ2v) is 5.21. The van der Waals surface area contributed by atoms with E-state index in [0.717, 1.165) is 27.5 Å². The first-order chi connectivity index (χ1) is 9.30. The smallest absolute Gasteiger partial charge is 0.124 e. The van der Waals surface area contributed by atoms with E-state index in [1.54, 1.807) is 18.4 Å². The van der Waals surface area contributed by atoms with Gasteiger partial charge in [-0.15, -0.1) is 11.3 Å². The van der Waals surface area contributed by atoms with Crippen LogP contribution in [-0.4, -0.2) is 19.1 Å². The van der Waals surface area contributed by atoms with Crippen LogP contribution in [0.25, 0.3) is 20.8 Å². The van der Waals surface area contributed by atoms with Crippen LogP contribution in [0.3, 0.4) is 0 Å². The van der Waals surface area contributed by atoms with Gasteiger partial charge in [-0.2, -0.15) is 0 Å². The molecule has 0 atom stereocenters. The number of nitrogens with zero attached hydrogens (tertiary/aromatic N) is 1. The third-order valence-electron chi connectivity index (χ3n) is 3.02. The molecule has 3 nitrogen and oxygen atoms in total. The molecular formula is C15H14N2OS. The Kier molecular flexibility index (Phi) is 3.09. The summed E-state index contributed by atoms with van der Waals surface area (Å²) >= 11 is 1.70. The average molecular weight is 270 g/mol. The molecule has 0 bridgehead atoms. The lowest BCUT2D eigenvalue weighted by Gasteiger charge is -2.00. The third-order valence-corrected chi connectivity index (χ3v) is 4.10. The maximum Gasteiger partial charge on any atom is 0.124 e. The Balaban J connectivity index is 2.04. The van der Waals surface area contributed by atoms with E-state index in [-0.39, 0.29) is 0 Å². The molecule has 3 aromatic rings. The predicted molar refractivity (Wildman–Crippen MR) is 81.2 cm³/mol. The van der Waals surface area contributed by atoms with E-state index in [0.29, 0.717) is 0 Å². The van der Waals surface area contributed by atoms with E-state index < -0.39 is 0 Å². The van der Waals surface area contributed by atoms with E-state index in [1.165, 1.54) is 4.70 Å². The predicted octanol–water partition coefficient (Wildman–Crippen LogP) is 4.01. The molecule has 2 aromatic carbocycles. The van der Waals surface area contributed by atoms with E-state index in [2.05, 4.69) is 40.6 Å². The molecule has 0 aliphatic carbocycles. The van der Waals surface area contributed by atoms with Crippen molar-refractivity contribution in [3.05, 3.63) is 42.5 Å². The summed E-state index contributed by atoms with van der Waals surface area (Å²) in [4.78, 5) is 4.67.